The quantitative estimate of drug-likeness (QED) is 0.724. The molecule has 2 atom stereocenters. The highest BCUT2D eigenvalue weighted by molar-refractivity contribution is 7.19. The number of thiophene rings is 1. The molecule has 0 spiro atoms. The smallest absolute Gasteiger partial charge is 0.138 e. The van der Waals surface area contributed by atoms with E-state index in [-0.39, 0.29) is 6.04 Å². The molecular formula is C20H21N3OS. The average molecular weight is 351 g/mol. The molecule has 5 heteroatoms. The molecule has 128 valence electrons. The summed E-state index contributed by atoms with van der Waals surface area (Å²) in [4.78, 5) is 11.8. The van der Waals surface area contributed by atoms with E-state index in [9.17, 15) is 0 Å². The lowest BCUT2D eigenvalue weighted by Crippen LogP contribution is -2.21. The number of ether oxygens (including phenoxy) is 1. The first-order chi connectivity index (χ1) is 12.3. The molecule has 2 aromatic heterocycles. The maximum atomic E-state index is 5.80. The average Bonchev–Trinajstić information content (AvgIpc) is 3.00. The number of hydrogen-bond acceptors (Lipinski definition) is 5. The topological polar surface area (TPSA) is 47.0 Å². The van der Waals surface area contributed by atoms with Gasteiger partial charge in [-0.1, -0.05) is 25.1 Å². The molecule has 5 rings (SSSR count). The van der Waals surface area contributed by atoms with Crippen molar-refractivity contribution in [2.24, 2.45) is 5.92 Å². The van der Waals surface area contributed by atoms with E-state index in [0.29, 0.717) is 0 Å². The van der Waals surface area contributed by atoms with Gasteiger partial charge < -0.3 is 10.1 Å². The molecular weight excluding hydrogens is 330 g/mol. The minimum absolute atomic E-state index is 0.237. The van der Waals surface area contributed by atoms with Crippen LogP contribution in [0, 0.1) is 5.92 Å². The van der Waals surface area contributed by atoms with Crippen molar-refractivity contribution in [3.63, 3.8) is 0 Å². The number of nitrogens with one attached hydrogen (secondary N) is 1. The summed E-state index contributed by atoms with van der Waals surface area (Å²) in [6, 6.07) is 8.54. The van der Waals surface area contributed by atoms with Crippen LogP contribution in [-0.4, -0.2) is 16.6 Å². The molecule has 0 bridgehead atoms. The summed E-state index contributed by atoms with van der Waals surface area (Å²) in [5.74, 6) is 2.74. The van der Waals surface area contributed by atoms with E-state index in [1.807, 2.05) is 23.5 Å². The first-order valence-corrected chi connectivity index (χ1v) is 9.85. The summed E-state index contributed by atoms with van der Waals surface area (Å²) < 4.78 is 5.80. The van der Waals surface area contributed by atoms with Gasteiger partial charge in [-0.3, -0.25) is 0 Å². The number of nitrogens with zero attached hydrogens (tertiary/aromatic N) is 2. The van der Waals surface area contributed by atoms with Crippen molar-refractivity contribution < 1.29 is 4.74 Å². The van der Waals surface area contributed by atoms with Crippen LogP contribution in [0.15, 0.2) is 30.6 Å². The molecule has 0 unspecified atom stereocenters. The highest BCUT2D eigenvalue weighted by atomic mass is 32.1. The second-order valence-electron chi connectivity index (χ2n) is 7.13. The molecule has 0 saturated carbocycles. The van der Waals surface area contributed by atoms with Gasteiger partial charge in [-0.05, 0) is 36.8 Å². The van der Waals surface area contributed by atoms with Crippen LogP contribution in [0.25, 0.3) is 10.2 Å². The Balaban J connectivity index is 1.56. The number of para-hydroxylation sites is 1. The second kappa shape index (κ2) is 5.99. The lowest BCUT2D eigenvalue weighted by atomic mass is 9.89. The maximum absolute atomic E-state index is 5.80. The molecule has 0 amide bonds. The van der Waals surface area contributed by atoms with Crippen LogP contribution in [0.2, 0.25) is 0 Å². The Hall–Kier alpha value is -2.14. The molecule has 1 N–H and O–H groups in total. The molecule has 0 fully saturated rings. The predicted octanol–water partition coefficient (Wildman–Crippen LogP) is 4.75. The van der Waals surface area contributed by atoms with E-state index in [1.54, 1.807) is 6.33 Å². The van der Waals surface area contributed by atoms with Gasteiger partial charge in [0.25, 0.3) is 0 Å². The molecule has 0 radical (unpaired) electrons. The van der Waals surface area contributed by atoms with Crippen LogP contribution in [0.1, 0.15) is 41.8 Å². The van der Waals surface area contributed by atoms with Crippen molar-refractivity contribution in [3.8, 4) is 5.75 Å². The van der Waals surface area contributed by atoms with E-state index in [4.69, 9.17) is 4.74 Å². The number of anilines is 1. The largest absolute Gasteiger partial charge is 0.493 e. The molecule has 3 heterocycles. The number of aryl methyl sites for hydroxylation is 1. The van der Waals surface area contributed by atoms with Crippen molar-refractivity contribution in [1.29, 1.82) is 0 Å². The van der Waals surface area contributed by atoms with Crippen LogP contribution >= 0.6 is 11.3 Å². The van der Waals surface area contributed by atoms with Crippen molar-refractivity contribution in [2.45, 2.75) is 38.6 Å². The van der Waals surface area contributed by atoms with Gasteiger partial charge in [0.1, 0.15) is 22.7 Å². The molecule has 0 saturated heterocycles. The Morgan fingerprint density at radius 2 is 2.12 bits per heavy atom. The summed E-state index contributed by atoms with van der Waals surface area (Å²) in [6.45, 7) is 3.08. The third-order valence-corrected chi connectivity index (χ3v) is 6.52. The van der Waals surface area contributed by atoms with E-state index in [1.165, 1.54) is 34.2 Å². The maximum Gasteiger partial charge on any atom is 0.138 e. The van der Waals surface area contributed by atoms with Gasteiger partial charge in [0.15, 0.2) is 0 Å². The van der Waals surface area contributed by atoms with Crippen LogP contribution in [0.5, 0.6) is 5.75 Å². The van der Waals surface area contributed by atoms with Crippen LogP contribution < -0.4 is 10.1 Å². The molecule has 1 aliphatic heterocycles. The van der Waals surface area contributed by atoms with Crippen LogP contribution in [0.3, 0.4) is 0 Å². The zero-order valence-electron chi connectivity index (χ0n) is 14.3. The summed E-state index contributed by atoms with van der Waals surface area (Å²) in [7, 11) is 0. The minimum Gasteiger partial charge on any atom is -0.493 e. The number of aromatic nitrogens is 2. The number of hydrogen-bond donors (Lipinski definition) is 1. The van der Waals surface area contributed by atoms with Crippen molar-refractivity contribution in [2.75, 3.05) is 11.9 Å². The van der Waals surface area contributed by atoms with Gasteiger partial charge in [-0.2, -0.15) is 0 Å². The van der Waals surface area contributed by atoms with Gasteiger partial charge in [-0.15, -0.1) is 11.3 Å². The van der Waals surface area contributed by atoms with Crippen LogP contribution in [-0.2, 0) is 12.8 Å². The molecule has 25 heavy (non-hydrogen) atoms. The number of rotatable bonds is 2. The second-order valence-corrected chi connectivity index (χ2v) is 8.21. The van der Waals surface area contributed by atoms with E-state index in [0.717, 1.165) is 41.8 Å². The van der Waals surface area contributed by atoms with Gasteiger partial charge in [0.05, 0.1) is 18.0 Å². The summed E-state index contributed by atoms with van der Waals surface area (Å²) in [5.41, 5.74) is 2.69. The lowest BCUT2D eigenvalue weighted by molar-refractivity contribution is 0.274. The zero-order valence-corrected chi connectivity index (χ0v) is 15.1. The normalized spacial score (nSPS) is 22.1. The predicted molar refractivity (Wildman–Crippen MR) is 102 cm³/mol. The SMILES string of the molecule is C[C@@H]1CCc2c(sc3ncnc(N[C@H]4CCOc5ccccc54)c23)C1. The standard InChI is InChI=1S/C20H21N3OS/c1-12-6-7-14-17(10-12)25-20-18(14)19(21-11-22-20)23-15-8-9-24-16-5-3-2-4-13(15)16/h2-5,11-12,15H,6-10H2,1H3,(H,21,22,23)/t12-,15+/m1/s1. The molecule has 1 aliphatic carbocycles. The molecule has 3 aromatic rings. The molecule has 4 nitrogen and oxygen atoms in total. The highest BCUT2D eigenvalue weighted by Gasteiger charge is 2.26. The Bertz CT molecular complexity index is 936. The first-order valence-electron chi connectivity index (χ1n) is 9.03. The van der Waals surface area contributed by atoms with E-state index in [2.05, 4.69) is 34.3 Å². The zero-order chi connectivity index (χ0) is 16.8. The fourth-order valence-electron chi connectivity index (χ4n) is 4.04. The Morgan fingerprint density at radius 3 is 3.08 bits per heavy atom. The monoisotopic (exact) mass is 351 g/mol. The number of fused-ring (bicyclic) bond motifs is 4. The van der Waals surface area contributed by atoms with Crippen molar-refractivity contribution in [3.05, 3.63) is 46.6 Å². The van der Waals surface area contributed by atoms with E-state index >= 15 is 0 Å². The first kappa shape index (κ1) is 15.1. The van der Waals surface area contributed by atoms with Gasteiger partial charge >= 0.3 is 0 Å². The van der Waals surface area contributed by atoms with Crippen molar-refractivity contribution >= 4 is 27.4 Å². The minimum atomic E-state index is 0.237. The van der Waals surface area contributed by atoms with Gasteiger partial charge in [0.2, 0.25) is 0 Å². The fraction of sp³-hybridized carbons (Fsp3) is 0.400. The van der Waals surface area contributed by atoms with Gasteiger partial charge in [0, 0.05) is 16.9 Å². The lowest BCUT2D eigenvalue weighted by Gasteiger charge is -2.27. The Kier molecular flexibility index (Phi) is 3.63. The number of benzene rings is 1. The summed E-state index contributed by atoms with van der Waals surface area (Å²) in [6.07, 6.45) is 6.22. The van der Waals surface area contributed by atoms with E-state index < -0.39 is 0 Å². The van der Waals surface area contributed by atoms with Crippen molar-refractivity contribution in [1.82, 2.24) is 9.97 Å². The van der Waals surface area contributed by atoms with Crippen LogP contribution in [0.4, 0.5) is 5.82 Å². The third-order valence-electron chi connectivity index (χ3n) is 5.36. The van der Waals surface area contributed by atoms with Gasteiger partial charge in [-0.25, -0.2) is 9.97 Å². The Morgan fingerprint density at radius 1 is 1.20 bits per heavy atom. The molecule has 1 aromatic carbocycles. The summed E-state index contributed by atoms with van der Waals surface area (Å²) >= 11 is 1.85. The molecule has 2 aliphatic rings. The summed E-state index contributed by atoms with van der Waals surface area (Å²) in [5, 5.41) is 4.95. The third kappa shape index (κ3) is 2.58. The highest BCUT2D eigenvalue weighted by Crippen LogP contribution is 2.41. The Labute approximate surface area is 151 Å². The fourth-order valence-corrected chi connectivity index (χ4v) is 5.39.